The predicted octanol–water partition coefficient (Wildman–Crippen LogP) is 2.79. The Kier molecular flexibility index (Phi) is 7.71. The highest BCUT2D eigenvalue weighted by molar-refractivity contribution is 5.74. The number of urea groups is 1. The molecule has 0 unspecified atom stereocenters. The summed E-state index contributed by atoms with van der Waals surface area (Å²) in [5.74, 6) is 0. The molecule has 1 fully saturated rings. The largest absolute Gasteiger partial charge is 0.411 e. The third-order valence-corrected chi connectivity index (χ3v) is 4.21. The highest BCUT2D eigenvalue weighted by atomic mass is 19.4. The maximum Gasteiger partial charge on any atom is 0.411 e. The molecule has 0 radical (unpaired) electrons. The zero-order chi connectivity index (χ0) is 19.0. The third kappa shape index (κ3) is 7.61. The van der Waals surface area contributed by atoms with Crippen molar-refractivity contribution in [2.24, 2.45) is 0 Å². The molecule has 2 amide bonds. The number of amides is 2. The molecule has 1 heterocycles. The van der Waals surface area contributed by atoms with Gasteiger partial charge in [0.2, 0.25) is 0 Å². The van der Waals surface area contributed by atoms with Gasteiger partial charge in [0.05, 0.1) is 0 Å². The van der Waals surface area contributed by atoms with Crippen LogP contribution in [-0.2, 0) is 11.3 Å². The molecule has 2 rings (SSSR count). The first-order chi connectivity index (χ1) is 12.3. The summed E-state index contributed by atoms with van der Waals surface area (Å²) in [6.45, 7) is 4.76. The topological polar surface area (TPSA) is 44.8 Å². The number of aryl methyl sites for hydroxylation is 1. The second-order valence-corrected chi connectivity index (χ2v) is 6.50. The van der Waals surface area contributed by atoms with Crippen molar-refractivity contribution >= 4 is 6.03 Å². The molecule has 1 N–H and O–H groups in total. The van der Waals surface area contributed by atoms with E-state index in [1.54, 1.807) is 4.90 Å². The van der Waals surface area contributed by atoms with Gasteiger partial charge in [-0.25, -0.2) is 4.79 Å². The van der Waals surface area contributed by atoms with Gasteiger partial charge in [-0.15, -0.1) is 0 Å². The number of halogens is 3. The number of alkyl halides is 3. The summed E-state index contributed by atoms with van der Waals surface area (Å²) in [4.78, 5) is 16.1. The second kappa shape index (κ2) is 9.78. The summed E-state index contributed by atoms with van der Waals surface area (Å²) in [7, 11) is 0. The summed E-state index contributed by atoms with van der Waals surface area (Å²) in [6, 6.07) is 7.91. The smallest absolute Gasteiger partial charge is 0.372 e. The third-order valence-electron chi connectivity index (χ3n) is 4.21. The van der Waals surface area contributed by atoms with E-state index in [0.29, 0.717) is 32.6 Å². The van der Waals surface area contributed by atoms with Gasteiger partial charge in [0.25, 0.3) is 0 Å². The SMILES string of the molecule is Cc1cccc(CNC(=O)N2CCN(CCCOCC(F)(F)F)CC2)c1. The first-order valence-electron chi connectivity index (χ1n) is 8.79. The number of carbonyl (C=O) groups excluding carboxylic acids is 1. The molecule has 0 atom stereocenters. The lowest BCUT2D eigenvalue weighted by Gasteiger charge is -2.34. The first kappa shape index (κ1) is 20.5. The van der Waals surface area contributed by atoms with E-state index in [1.807, 2.05) is 31.2 Å². The van der Waals surface area contributed by atoms with Crippen LogP contribution in [0.15, 0.2) is 24.3 Å². The minimum atomic E-state index is -4.27. The quantitative estimate of drug-likeness (QED) is 0.748. The molecule has 0 saturated carbocycles. The number of hydrogen-bond acceptors (Lipinski definition) is 3. The van der Waals surface area contributed by atoms with Crippen molar-refractivity contribution < 1.29 is 22.7 Å². The maximum atomic E-state index is 12.2. The van der Waals surface area contributed by atoms with Crippen molar-refractivity contribution in [3.63, 3.8) is 0 Å². The number of rotatable bonds is 7. The predicted molar refractivity (Wildman–Crippen MR) is 92.9 cm³/mol. The van der Waals surface area contributed by atoms with Crippen molar-refractivity contribution in [3.8, 4) is 0 Å². The van der Waals surface area contributed by atoms with Crippen molar-refractivity contribution in [3.05, 3.63) is 35.4 Å². The Morgan fingerprint density at radius 2 is 1.96 bits per heavy atom. The fourth-order valence-corrected chi connectivity index (χ4v) is 2.86. The molecule has 1 saturated heterocycles. The summed E-state index contributed by atoms with van der Waals surface area (Å²) < 4.78 is 40.5. The molecule has 1 aliphatic heterocycles. The van der Waals surface area contributed by atoms with Crippen LogP contribution in [0.4, 0.5) is 18.0 Å². The van der Waals surface area contributed by atoms with E-state index in [2.05, 4.69) is 15.0 Å². The molecule has 146 valence electrons. The van der Waals surface area contributed by atoms with Gasteiger partial charge in [-0.05, 0) is 18.9 Å². The molecule has 8 heteroatoms. The number of carbonyl (C=O) groups is 1. The summed E-state index contributed by atoms with van der Waals surface area (Å²) in [6.07, 6.45) is -3.72. The van der Waals surface area contributed by atoms with Gasteiger partial charge in [-0.3, -0.25) is 4.90 Å². The molecule has 1 aromatic carbocycles. The summed E-state index contributed by atoms with van der Waals surface area (Å²) in [5.41, 5.74) is 2.22. The van der Waals surface area contributed by atoms with Crippen molar-refractivity contribution in [1.82, 2.24) is 15.1 Å². The van der Waals surface area contributed by atoms with Gasteiger partial charge in [0.1, 0.15) is 6.61 Å². The standard InChI is InChI=1S/C18H26F3N3O2/c1-15-4-2-5-16(12-15)13-22-17(25)24-9-7-23(8-10-24)6-3-11-26-14-18(19,20)21/h2,4-5,12H,3,6-11,13-14H2,1H3,(H,22,25). The lowest BCUT2D eigenvalue weighted by molar-refractivity contribution is -0.174. The molecule has 1 aromatic rings. The number of nitrogens with zero attached hydrogens (tertiary/aromatic N) is 2. The average molecular weight is 373 g/mol. The molecule has 5 nitrogen and oxygen atoms in total. The lowest BCUT2D eigenvalue weighted by atomic mass is 10.1. The normalized spacial score (nSPS) is 15.9. The number of piperazine rings is 1. The van der Waals surface area contributed by atoms with E-state index in [9.17, 15) is 18.0 Å². The minimum Gasteiger partial charge on any atom is -0.372 e. The maximum absolute atomic E-state index is 12.2. The lowest BCUT2D eigenvalue weighted by Crippen LogP contribution is -2.51. The Bertz CT molecular complexity index is 573. The average Bonchev–Trinajstić information content (AvgIpc) is 2.59. The van der Waals surface area contributed by atoms with Crippen LogP contribution in [0.1, 0.15) is 17.5 Å². The Morgan fingerprint density at radius 1 is 1.23 bits per heavy atom. The van der Waals surface area contributed by atoms with Gasteiger partial charge in [-0.1, -0.05) is 29.8 Å². The van der Waals surface area contributed by atoms with Crippen LogP contribution in [0.3, 0.4) is 0 Å². The molecular weight excluding hydrogens is 347 g/mol. The van der Waals surface area contributed by atoms with E-state index in [-0.39, 0.29) is 12.6 Å². The molecule has 0 bridgehead atoms. The fourth-order valence-electron chi connectivity index (χ4n) is 2.86. The molecule has 0 aromatic heterocycles. The van der Waals surface area contributed by atoms with Crippen LogP contribution in [0, 0.1) is 6.92 Å². The molecule has 26 heavy (non-hydrogen) atoms. The van der Waals surface area contributed by atoms with Crippen molar-refractivity contribution in [2.75, 3.05) is 45.9 Å². The minimum absolute atomic E-state index is 0.0836. The van der Waals surface area contributed by atoms with E-state index in [1.165, 1.54) is 0 Å². The monoisotopic (exact) mass is 373 g/mol. The number of benzene rings is 1. The van der Waals surface area contributed by atoms with Gasteiger partial charge < -0.3 is 15.0 Å². The summed E-state index contributed by atoms with van der Waals surface area (Å²) in [5, 5.41) is 2.93. The van der Waals surface area contributed by atoms with Crippen molar-refractivity contribution in [1.29, 1.82) is 0 Å². The molecular formula is C18H26F3N3O2. The Morgan fingerprint density at radius 3 is 2.62 bits per heavy atom. The van der Waals surface area contributed by atoms with E-state index >= 15 is 0 Å². The second-order valence-electron chi connectivity index (χ2n) is 6.50. The van der Waals surface area contributed by atoms with Crippen LogP contribution in [0.5, 0.6) is 0 Å². The van der Waals surface area contributed by atoms with Crippen molar-refractivity contribution in [2.45, 2.75) is 26.1 Å². The zero-order valence-electron chi connectivity index (χ0n) is 15.0. The molecule has 1 aliphatic rings. The van der Waals surface area contributed by atoms with Gasteiger partial charge in [0, 0.05) is 45.9 Å². The van der Waals surface area contributed by atoms with E-state index < -0.39 is 12.8 Å². The number of hydrogen-bond donors (Lipinski definition) is 1. The molecule has 0 aliphatic carbocycles. The van der Waals surface area contributed by atoms with E-state index in [4.69, 9.17) is 0 Å². The first-order valence-corrected chi connectivity index (χ1v) is 8.79. The Balaban J connectivity index is 1.59. The number of ether oxygens (including phenoxy) is 1. The van der Waals surface area contributed by atoms with Gasteiger partial charge in [-0.2, -0.15) is 13.2 Å². The summed E-state index contributed by atoms with van der Waals surface area (Å²) >= 11 is 0. The Hall–Kier alpha value is -1.80. The van der Waals surface area contributed by atoms with E-state index in [0.717, 1.165) is 24.2 Å². The van der Waals surface area contributed by atoms with Crippen LogP contribution < -0.4 is 5.32 Å². The van der Waals surface area contributed by atoms with Gasteiger partial charge >= 0.3 is 12.2 Å². The highest BCUT2D eigenvalue weighted by Gasteiger charge is 2.27. The fraction of sp³-hybridized carbons (Fsp3) is 0.611. The zero-order valence-corrected chi connectivity index (χ0v) is 15.0. The van der Waals surface area contributed by atoms with Crippen LogP contribution in [-0.4, -0.2) is 67.9 Å². The molecule has 0 spiro atoms. The number of nitrogens with one attached hydrogen (secondary N) is 1. The van der Waals surface area contributed by atoms with Crippen LogP contribution in [0.2, 0.25) is 0 Å². The highest BCUT2D eigenvalue weighted by Crippen LogP contribution is 2.14. The van der Waals surface area contributed by atoms with Gasteiger partial charge in [0.15, 0.2) is 0 Å². The Labute approximate surface area is 152 Å². The van der Waals surface area contributed by atoms with Crippen LogP contribution in [0.25, 0.3) is 0 Å². The van der Waals surface area contributed by atoms with Crippen LogP contribution >= 0.6 is 0 Å².